The number of hydrogen-bond donors (Lipinski definition) is 2. The first-order valence-electron chi connectivity index (χ1n) is 9.20. The van der Waals surface area contributed by atoms with Crippen molar-refractivity contribution in [3.8, 4) is 0 Å². The van der Waals surface area contributed by atoms with E-state index in [2.05, 4.69) is 76.2 Å². The molecule has 0 aromatic heterocycles. The van der Waals surface area contributed by atoms with E-state index in [1.807, 2.05) is 0 Å². The summed E-state index contributed by atoms with van der Waals surface area (Å²) in [6, 6.07) is 21.1. The quantitative estimate of drug-likeness (QED) is 0.667. The number of nitrogens with one attached hydrogen (secondary N) is 2. The molecule has 2 N–H and O–H groups in total. The number of thioether (sulfide) groups is 1. The van der Waals surface area contributed by atoms with Gasteiger partial charge in [-0.05, 0) is 17.5 Å². The maximum absolute atomic E-state index is 12.1. The van der Waals surface area contributed by atoms with Crippen molar-refractivity contribution in [3.05, 3.63) is 71.8 Å². The van der Waals surface area contributed by atoms with Gasteiger partial charge >= 0.3 is 0 Å². The minimum Gasteiger partial charge on any atom is -0.355 e. The van der Waals surface area contributed by atoms with Gasteiger partial charge in [0.15, 0.2) is 0 Å². The van der Waals surface area contributed by atoms with Crippen LogP contribution < -0.4 is 10.6 Å². The molecule has 0 saturated carbocycles. The van der Waals surface area contributed by atoms with Gasteiger partial charge in [-0.15, -0.1) is 11.8 Å². The second-order valence-electron chi connectivity index (χ2n) is 6.60. The van der Waals surface area contributed by atoms with Crippen molar-refractivity contribution in [2.45, 2.75) is 25.6 Å². The van der Waals surface area contributed by atoms with Crippen LogP contribution in [0.1, 0.15) is 17.5 Å². The topological polar surface area (TPSA) is 44.4 Å². The van der Waals surface area contributed by atoms with E-state index >= 15 is 0 Å². The minimum atomic E-state index is -0.0234. The van der Waals surface area contributed by atoms with E-state index in [1.165, 1.54) is 11.1 Å². The molecule has 26 heavy (non-hydrogen) atoms. The molecule has 2 aromatic rings. The lowest BCUT2D eigenvalue weighted by atomic mass is 10.1. The smallest absolute Gasteiger partial charge is 0.238 e. The summed E-state index contributed by atoms with van der Waals surface area (Å²) in [5, 5.41) is 6.28. The van der Waals surface area contributed by atoms with Crippen LogP contribution in [0.2, 0.25) is 0 Å². The van der Waals surface area contributed by atoms with Gasteiger partial charge in [-0.3, -0.25) is 15.0 Å². The van der Waals surface area contributed by atoms with Crippen LogP contribution in [0, 0.1) is 0 Å². The Kier molecular flexibility index (Phi) is 7.55. The van der Waals surface area contributed by atoms with Crippen LogP contribution in [0.4, 0.5) is 0 Å². The van der Waals surface area contributed by atoms with E-state index in [0.29, 0.717) is 0 Å². The Morgan fingerprint density at radius 3 is 2.19 bits per heavy atom. The van der Waals surface area contributed by atoms with Crippen LogP contribution in [-0.4, -0.2) is 41.6 Å². The van der Waals surface area contributed by atoms with Crippen LogP contribution in [0.5, 0.6) is 0 Å². The van der Waals surface area contributed by atoms with Crippen molar-refractivity contribution in [1.82, 2.24) is 15.5 Å². The lowest BCUT2D eigenvalue weighted by Gasteiger charge is -2.23. The third-order valence-corrected chi connectivity index (χ3v) is 5.42. The molecule has 1 unspecified atom stereocenters. The van der Waals surface area contributed by atoms with E-state index in [4.69, 9.17) is 0 Å². The molecule has 2 aromatic carbocycles. The first kappa shape index (κ1) is 19.0. The molecule has 0 spiro atoms. The van der Waals surface area contributed by atoms with Crippen molar-refractivity contribution >= 4 is 17.7 Å². The minimum absolute atomic E-state index is 0.0234. The molecule has 4 nitrogen and oxygen atoms in total. The maximum atomic E-state index is 12.1. The van der Waals surface area contributed by atoms with E-state index in [-0.39, 0.29) is 11.9 Å². The Morgan fingerprint density at radius 2 is 1.65 bits per heavy atom. The number of carbonyl (C=O) groups excluding carboxylic acids is 1. The molecule has 1 aliphatic heterocycles. The van der Waals surface area contributed by atoms with Crippen LogP contribution in [0.15, 0.2) is 60.7 Å². The summed E-state index contributed by atoms with van der Waals surface area (Å²) in [5.74, 6) is 1.88. The predicted molar refractivity (Wildman–Crippen MR) is 109 cm³/mol. The lowest BCUT2D eigenvalue weighted by molar-refractivity contribution is -0.122. The Bertz CT molecular complexity index is 618. The number of hydrogen-bond acceptors (Lipinski definition) is 4. The molecule has 0 aliphatic carbocycles. The second-order valence-corrected chi connectivity index (χ2v) is 7.63. The summed E-state index contributed by atoms with van der Waals surface area (Å²) < 4.78 is 0. The van der Waals surface area contributed by atoms with Gasteiger partial charge in [-0.25, -0.2) is 0 Å². The summed E-state index contributed by atoms with van der Waals surface area (Å²) in [6.45, 7) is 3.52. The van der Waals surface area contributed by atoms with Gasteiger partial charge in [-0.1, -0.05) is 60.7 Å². The van der Waals surface area contributed by atoms with Crippen molar-refractivity contribution < 1.29 is 4.79 Å². The first-order chi connectivity index (χ1) is 12.8. The predicted octanol–water partition coefficient (Wildman–Crippen LogP) is 2.86. The summed E-state index contributed by atoms with van der Waals surface area (Å²) in [5.41, 5.74) is 2.64. The zero-order valence-electron chi connectivity index (χ0n) is 15.1. The highest BCUT2D eigenvalue weighted by atomic mass is 32.2. The molecule has 5 heteroatoms. The summed E-state index contributed by atoms with van der Waals surface area (Å²) in [7, 11) is 0. The number of carbonyl (C=O) groups is 1. The van der Waals surface area contributed by atoms with Crippen molar-refractivity contribution in [1.29, 1.82) is 0 Å². The number of nitrogens with zero attached hydrogens (tertiary/aromatic N) is 1. The fraction of sp³-hybridized carbons (Fsp3) is 0.381. The zero-order chi connectivity index (χ0) is 18.0. The van der Waals surface area contributed by atoms with Gasteiger partial charge in [0.1, 0.15) is 0 Å². The molecule has 1 fully saturated rings. The molecule has 3 rings (SSSR count). The molecule has 1 saturated heterocycles. The van der Waals surface area contributed by atoms with Gasteiger partial charge in [0, 0.05) is 37.8 Å². The molecule has 1 atom stereocenters. The summed E-state index contributed by atoms with van der Waals surface area (Å²) in [6.07, 6.45) is 0.950. The Labute approximate surface area is 160 Å². The molecule has 1 heterocycles. The Hall–Kier alpha value is -1.82. The van der Waals surface area contributed by atoms with Gasteiger partial charge in [0.05, 0.1) is 6.04 Å². The Balaban J connectivity index is 1.49. The fourth-order valence-electron chi connectivity index (χ4n) is 3.10. The molecule has 138 valence electrons. The zero-order valence-corrected chi connectivity index (χ0v) is 15.9. The average Bonchev–Trinajstić information content (AvgIpc) is 3.21. The largest absolute Gasteiger partial charge is 0.355 e. The molecule has 0 bridgehead atoms. The maximum Gasteiger partial charge on any atom is 0.238 e. The number of benzene rings is 2. The average molecular weight is 370 g/mol. The van der Waals surface area contributed by atoms with Crippen LogP contribution >= 0.6 is 11.8 Å². The highest BCUT2D eigenvalue weighted by Crippen LogP contribution is 2.11. The van der Waals surface area contributed by atoms with Crippen molar-refractivity contribution in [3.63, 3.8) is 0 Å². The number of rotatable bonds is 9. The third kappa shape index (κ3) is 6.16. The Morgan fingerprint density at radius 1 is 1.04 bits per heavy atom. The molecule has 1 aliphatic rings. The van der Waals surface area contributed by atoms with E-state index in [9.17, 15) is 4.79 Å². The molecular weight excluding hydrogens is 342 g/mol. The monoisotopic (exact) mass is 369 g/mol. The first-order valence-corrected chi connectivity index (χ1v) is 10.4. The van der Waals surface area contributed by atoms with Crippen molar-refractivity contribution in [2.75, 3.05) is 24.7 Å². The lowest BCUT2D eigenvalue weighted by Crippen LogP contribution is -2.42. The molecular formula is C21H27N3OS. The van der Waals surface area contributed by atoms with Crippen LogP contribution in [0.3, 0.4) is 0 Å². The normalized spacial score (nSPS) is 16.7. The van der Waals surface area contributed by atoms with E-state index in [1.54, 1.807) is 11.8 Å². The van der Waals surface area contributed by atoms with Gasteiger partial charge in [0.2, 0.25) is 5.91 Å². The molecule has 0 radical (unpaired) electrons. The van der Waals surface area contributed by atoms with Crippen molar-refractivity contribution in [2.24, 2.45) is 0 Å². The van der Waals surface area contributed by atoms with Gasteiger partial charge in [0.25, 0.3) is 0 Å². The van der Waals surface area contributed by atoms with Crippen LogP contribution in [0.25, 0.3) is 0 Å². The number of amides is 1. The summed E-state index contributed by atoms with van der Waals surface area (Å²) >= 11 is 1.78. The van der Waals surface area contributed by atoms with Gasteiger partial charge < -0.3 is 5.32 Å². The van der Waals surface area contributed by atoms with Gasteiger partial charge in [-0.2, -0.15) is 0 Å². The standard InChI is InChI=1S/C21H27N3OS/c25-21(20-16-26-17-23-20)22-12-7-13-24(14-18-8-3-1-4-9-18)15-19-10-5-2-6-11-19/h1-6,8-11,20,23H,7,12-17H2,(H,22,25). The SMILES string of the molecule is O=C(NCCCN(Cc1ccccc1)Cc1ccccc1)C1CSCN1. The second kappa shape index (κ2) is 10.4. The highest BCUT2D eigenvalue weighted by molar-refractivity contribution is 7.99. The van der Waals surface area contributed by atoms with E-state index in [0.717, 1.165) is 44.2 Å². The highest BCUT2D eigenvalue weighted by Gasteiger charge is 2.21. The van der Waals surface area contributed by atoms with Crippen LogP contribution in [-0.2, 0) is 17.9 Å². The van der Waals surface area contributed by atoms with E-state index < -0.39 is 0 Å². The molecule has 1 amide bonds. The fourth-order valence-corrected chi connectivity index (χ4v) is 4.04. The summed E-state index contributed by atoms with van der Waals surface area (Å²) in [4.78, 5) is 14.5. The third-order valence-electron chi connectivity index (χ3n) is 4.48.